The van der Waals surface area contributed by atoms with Crippen molar-refractivity contribution in [3.63, 3.8) is 0 Å². The molecule has 0 radical (unpaired) electrons. The van der Waals surface area contributed by atoms with E-state index in [-0.39, 0.29) is 23.2 Å². The molecule has 0 amide bonds. The fourth-order valence-corrected chi connectivity index (χ4v) is 4.53. The number of hydrogen-bond acceptors (Lipinski definition) is 8. The molecule has 11 nitrogen and oxygen atoms in total. The van der Waals surface area contributed by atoms with Crippen LogP contribution in [0.15, 0.2) is 44.8 Å². The number of hydrogen-bond donors (Lipinski definition) is 2. The summed E-state index contributed by atoms with van der Waals surface area (Å²) in [5.74, 6) is -2.71. The van der Waals surface area contributed by atoms with Crippen molar-refractivity contribution in [2.75, 3.05) is 12.3 Å². The summed E-state index contributed by atoms with van der Waals surface area (Å²) in [6.07, 6.45) is 0. The Morgan fingerprint density at radius 3 is 2.21 bits per heavy atom. The fraction of sp³-hybridized carbons (Fsp3) is 0.455. The van der Waals surface area contributed by atoms with Crippen LogP contribution in [0.25, 0.3) is 0 Å². The highest BCUT2D eigenvalue weighted by Crippen LogP contribution is 2.13. The number of nitrogens with zero attached hydrogens (tertiary/aromatic N) is 2. The highest BCUT2D eigenvalue weighted by molar-refractivity contribution is 7.89. The summed E-state index contributed by atoms with van der Waals surface area (Å²) < 4.78 is 34.5. The normalized spacial score (nSPS) is 12.7. The molecule has 0 aliphatic rings. The van der Waals surface area contributed by atoms with Crippen molar-refractivity contribution < 1.29 is 22.7 Å². The van der Waals surface area contributed by atoms with Gasteiger partial charge in [-0.15, -0.1) is 0 Å². The van der Waals surface area contributed by atoms with E-state index in [9.17, 15) is 27.6 Å². The largest absolute Gasteiger partial charge is 0.456 e. The summed E-state index contributed by atoms with van der Waals surface area (Å²) in [5, 5.41) is 0. The van der Waals surface area contributed by atoms with Gasteiger partial charge in [-0.3, -0.25) is 23.5 Å². The number of ether oxygens (including phenoxy) is 1. The van der Waals surface area contributed by atoms with Gasteiger partial charge < -0.3 is 10.5 Å². The van der Waals surface area contributed by atoms with E-state index in [2.05, 4.69) is 4.72 Å². The van der Waals surface area contributed by atoms with Crippen LogP contribution in [0, 0.1) is 11.8 Å². The van der Waals surface area contributed by atoms with Gasteiger partial charge in [-0.05, 0) is 24.0 Å². The minimum absolute atomic E-state index is 0.00252. The lowest BCUT2D eigenvalue weighted by molar-refractivity contribution is -0.145. The SMILES string of the molecule is CC(C)Cn1c(N)c(C(=O)COC(=O)C(NS(=O)(=O)c2ccccc2)C(C)C)c(=O)n(C)c1=O. The molecule has 0 bridgehead atoms. The first-order valence-corrected chi connectivity index (χ1v) is 12.1. The Labute approximate surface area is 197 Å². The maximum Gasteiger partial charge on any atom is 0.332 e. The topological polar surface area (TPSA) is 160 Å². The molecule has 34 heavy (non-hydrogen) atoms. The molecular weight excluding hydrogens is 464 g/mol. The third kappa shape index (κ3) is 6.00. The van der Waals surface area contributed by atoms with Crippen molar-refractivity contribution in [1.82, 2.24) is 13.9 Å². The van der Waals surface area contributed by atoms with Gasteiger partial charge >= 0.3 is 11.7 Å². The molecule has 186 valence electrons. The first-order valence-electron chi connectivity index (χ1n) is 10.6. The summed E-state index contributed by atoms with van der Waals surface area (Å²) in [4.78, 5) is 50.3. The molecule has 12 heteroatoms. The Morgan fingerprint density at radius 2 is 1.68 bits per heavy atom. The van der Waals surface area contributed by atoms with E-state index in [1.165, 1.54) is 19.2 Å². The van der Waals surface area contributed by atoms with Crippen LogP contribution in [-0.4, -0.2) is 42.0 Å². The van der Waals surface area contributed by atoms with Gasteiger partial charge in [-0.25, -0.2) is 13.2 Å². The van der Waals surface area contributed by atoms with Crippen LogP contribution in [-0.2, 0) is 33.1 Å². The second kappa shape index (κ2) is 10.8. The quantitative estimate of drug-likeness (QED) is 0.357. The predicted octanol–water partition coefficient (Wildman–Crippen LogP) is 0.514. The Kier molecular flexibility index (Phi) is 8.56. The molecule has 1 aromatic carbocycles. The van der Waals surface area contributed by atoms with Crippen molar-refractivity contribution in [3.8, 4) is 0 Å². The molecule has 2 rings (SSSR count). The fourth-order valence-electron chi connectivity index (χ4n) is 3.18. The maximum absolute atomic E-state index is 12.8. The zero-order chi connectivity index (χ0) is 25.8. The minimum Gasteiger partial charge on any atom is -0.456 e. The zero-order valence-electron chi connectivity index (χ0n) is 19.8. The number of ketones is 1. The van der Waals surface area contributed by atoms with Gasteiger partial charge in [-0.1, -0.05) is 45.9 Å². The number of nitrogens with one attached hydrogen (secondary N) is 1. The molecule has 1 atom stereocenters. The lowest BCUT2D eigenvalue weighted by atomic mass is 10.1. The molecule has 0 fully saturated rings. The number of sulfonamides is 1. The van der Waals surface area contributed by atoms with Gasteiger partial charge in [0.15, 0.2) is 6.61 Å². The van der Waals surface area contributed by atoms with E-state index in [0.29, 0.717) is 0 Å². The van der Waals surface area contributed by atoms with Crippen molar-refractivity contribution in [3.05, 3.63) is 56.7 Å². The van der Waals surface area contributed by atoms with Crippen LogP contribution in [0.1, 0.15) is 38.1 Å². The molecule has 1 aromatic heterocycles. The molecule has 0 saturated carbocycles. The minimum atomic E-state index is -4.03. The lowest BCUT2D eigenvalue weighted by Crippen LogP contribution is -2.46. The number of nitrogen functional groups attached to an aromatic ring is 1. The first-order chi connectivity index (χ1) is 15.8. The maximum atomic E-state index is 12.8. The van der Waals surface area contributed by atoms with Gasteiger partial charge in [0.05, 0.1) is 4.90 Å². The van der Waals surface area contributed by atoms with Crippen molar-refractivity contribution in [2.24, 2.45) is 18.9 Å². The number of carbonyl (C=O) groups excluding carboxylic acids is 2. The van der Waals surface area contributed by atoms with Gasteiger partial charge in [-0.2, -0.15) is 4.72 Å². The van der Waals surface area contributed by atoms with Gasteiger partial charge in [0, 0.05) is 13.6 Å². The smallest absolute Gasteiger partial charge is 0.332 e. The molecule has 0 aliphatic heterocycles. The number of anilines is 1. The number of Topliss-reactive ketones (excluding diaryl/α,β-unsaturated/α-hetero) is 1. The lowest BCUT2D eigenvalue weighted by Gasteiger charge is -2.21. The molecule has 2 aromatic rings. The predicted molar refractivity (Wildman–Crippen MR) is 126 cm³/mol. The molecular formula is C22H30N4O7S. The van der Waals surface area contributed by atoms with Crippen molar-refractivity contribution in [2.45, 2.75) is 45.2 Å². The summed E-state index contributed by atoms with van der Waals surface area (Å²) in [7, 11) is -2.81. The van der Waals surface area contributed by atoms with E-state index < -0.39 is 57.2 Å². The number of aromatic nitrogens is 2. The van der Waals surface area contributed by atoms with E-state index in [4.69, 9.17) is 10.5 Å². The molecule has 3 N–H and O–H groups in total. The molecule has 0 spiro atoms. The van der Waals surface area contributed by atoms with E-state index in [0.717, 1.165) is 9.13 Å². The van der Waals surface area contributed by atoms with E-state index in [1.807, 2.05) is 13.8 Å². The molecule has 0 aliphatic carbocycles. The second-order valence-corrected chi connectivity index (χ2v) is 10.3. The zero-order valence-corrected chi connectivity index (χ0v) is 20.6. The van der Waals surface area contributed by atoms with Crippen LogP contribution >= 0.6 is 0 Å². The second-order valence-electron chi connectivity index (χ2n) is 8.60. The van der Waals surface area contributed by atoms with Crippen LogP contribution in [0.3, 0.4) is 0 Å². The van der Waals surface area contributed by atoms with Crippen LogP contribution in [0.5, 0.6) is 0 Å². The summed E-state index contributed by atoms with van der Waals surface area (Å²) in [6.45, 7) is 6.21. The van der Waals surface area contributed by atoms with Gasteiger partial charge in [0.25, 0.3) is 5.56 Å². The molecule has 1 unspecified atom stereocenters. The summed E-state index contributed by atoms with van der Waals surface area (Å²) >= 11 is 0. The number of carbonyl (C=O) groups is 2. The average Bonchev–Trinajstić information content (AvgIpc) is 2.77. The summed E-state index contributed by atoms with van der Waals surface area (Å²) in [5.41, 5.74) is 3.92. The summed E-state index contributed by atoms with van der Waals surface area (Å²) in [6, 6.07) is 6.20. The number of benzene rings is 1. The highest BCUT2D eigenvalue weighted by Gasteiger charge is 2.31. The van der Waals surface area contributed by atoms with Crippen LogP contribution in [0.4, 0.5) is 5.82 Å². The number of rotatable bonds is 10. The van der Waals surface area contributed by atoms with E-state index >= 15 is 0 Å². The standard InChI is InChI=1S/C22H30N4O7S/c1-13(2)11-26-19(23)17(20(28)25(5)22(26)30)16(27)12-33-21(29)18(14(3)4)24-34(31,32)15-9-7-6-8-10-15/h6-10,13-14,18,24H,11-12,23H2,1-5H3. The van der Waals surface area contributed by atoms with Crippen LogP contribution < -0.4 is 21.7 Å². The van der Waals surface area contributed by atoms with Gasteiger partial charge in [0.1, 0.15) is 17.4 Å². The number of esters is 1. The van der Waals surface area contributed by atoms with Crippen molar-refractivity contribution in [1.29, 1.82) is 0 Å². The monoisotopic (exact) mass is 494 g/mol. The third-order valence-corrected chi connectivity index (χ3v) is 6.47. The molecule has 1 heterocycles. The highest BCUT2D eigenvalue weighted by atomic mass is 32.2. The Balaban J connectivity index is 2.26. The Morgan fingerprint density at radius 1 is 1.09 bits per heavy atom. The Hall–Kier alpha value is -3.25. The van der Waals surface area contributed by atoms with Crippen molar-refractivity contribution >= 4 is 27.6 Å². The Bertz CT molecular complexity index is 1280. The molecule has 0 saturated heterocycles. The first kappa shape index (κ1) is 27.0. The number of nitrogens with two attached hydrogens (primary N) is 1. The van der Waals surface area contributed by atoms with Crippen LogP contribution in [0.2, 0.25) is 0 Å². The average molecular weight is 495 g/mol. The third-order valence-electron chi connectivity index (χ3n) is 5.01. The van der Waals surface area contributed by atoms with E-state index in [1.54, 1.807) is 32.0 Å². The van der Waals surface area contributed by atoms with Gasteiger partial charge in [0.2, 0.25) is 15.8 Å².